The maximum atomic E-state index is 10.8. The Hall–Kier alpha value is -2.76. The van der Waals surface area contributed by atoms with Crippen LogP contribution >= 0.6 is 0 Å². The SMILES string of the molecule is O=C(O)c1[nH]nc(-c2coc3ccccc23)c1O. The molecule has 0 aliphatic carbocycles. The van der Waals surface area contributed by atoms with Gasteiger partial charge in [-0.2, -0.15) is 5.10 Å². The minimum Gasteiger partial charge on any atom is -0.504 e. The Morgan fingerprint density at radius 1 is 1.33 bits per heavy atom. The lowest BCUT2D eigenvalue weighted by atomic mass is 10.1. The average molecular weight is 244 g/mol. The second-order valence-corrected chi connectivity index (χ2v) is 3.75. The van der Waals surface area contributed by atoms with Gasteiger partial charge in [0.1, 0.15) is 17.5 Å². The number of furan rings is 1. The van der Waals surface area contributed by atoms with Crippen molar-refractivity contribution in [2.45, 2.75) is 0 Å². The predicted octanol–water partition coefficient (Wildman–Crippen LogP) is 2.23. The van der Waals surface area contributed by atoms with Crippen LogP contribution in [0, 0.1) is 0 Å². The molecule has 0 fully saturated rings. The molecule has 90 valence electrons. The van der Waals surface area contributed by atoms with E-state index in [1.165, 1.54) is 6.26 Å². The number of aromatic nitrogens is 2. The number of hydrogen-bond donors (Lipinski definition) is 3. The Labute approximate surface area is 100 Å². The highest BCUT2D eigenvalue weighted by atomic mass is 16.4. The molecular weight excluding hydrogens is 236 g/mol. The summed E-state index contributed by atoms with van der Waals surface area (Å²) in [6, 6.07) is 7.23. The number of nitrogens with one attached hydrogen (secondary N) is 1. The molecule has 18 heavy (non-hydrogen) atoms. The highest BCUT2D eigenvalue weighted by Crippen LogP contribution is 2.35. The molecular formula is C12H8N2O4. The van der Waals surface area contributed by atoms with E-state index in [2.05, 4.69) is 10.2 Å². The number of H-pyrrole nitrogens is 1. The first-order chi connectivity index (χ1) is 8.68. The van der Waals surface area contributed by atoms with E-state index >= 15 is 0 Å². The molecule has 0 unspecified atom stereocenters. The van der Waals surface area contributed by atoms with Gasteiger partial charge in [0.2, 0.25) is 0 Å². The summed E-state index contributed by atoms with van der Waals surface area (Å²) in [5.41, 5.74) is 1.02. The molecule has 3 rings (SSSR count). The van der Waals surface area contributed by atoms with Gasteiger partial charge in [-0.05, 0) is 6.07 Å². The van der Waals surface area contributed by atoms with Crippen LogP contribution < -0.4 is 0 Å². The molecule has 0 bridgehead atoms. The van der Waals surface area contributed by atoms with Crippen LogP contribution in [0.15, 0.2) is 34.9 Å². The largest absolute Gasteiger partial charge is 0.504 e. The number of nitrogens with zero attached hydrogens (tertiary/aromatic N) is 1. The number of aromatic amines is 1. The molecule has 2 aromatic heterocycles. The summed E-state index contributed by atoms with van der Waals surface area (Å²) < 4.78 is 5.32. The number of carboxylic acid groups (broad SMARTS) is 1. The van der Waals surface area contributed by atoms with Crippen LogP contribution in [0.25, 0.3) is 22.2 Å². The minimum absolute atomic E-state index is 0.164. The van der Waals surface area contributed by atoms with Crippen LogP contribution in [0.5, 0.6) is 5.75 Å². The van der Waals surface area contributed by atoms with Crippen LogP contribution in [0.2, 0.25) is 0 Å². The molecule has 0 amide bonds. The monoisotopic (exact) mass is 244 g/mol. The van der Waals surface area contributed by atoms with Crippen molar-refractivity contribution in [3.05, 3.63) is 36.2 Å². The smallest absolute Gasteiger partial charge is 0.357 e. The number of aromatic hydroxyl groups is 1. The van der Waals surface area contributed by atoms with E-state index in [-0.39, 0.29) is 11.4 Å². The summed E-state index contributed by atoms with van der Waals surface area (Å²) in [6.45, 7) is 0. The zero-order chi connectivity index (χ0) is 12.7. The molecule has 0 atom stereocenters. The van der Waals surface area contributed by atoms with Crippen LogP contribution in [-0.2, 0) is 0 Å². The van der Waals surface area contributed by atoms with E-state index in [0.717, 1.165) is 5.39 Å². The number of carbonyl (C=O) groups is 1. The quantitative estimate of drug-likeness (QED) is 0.641. The van der Waals surface area contributed by atoms with Crippen molar-refractivity contribution in [1.82, 2.24) is 10.2 Å². The van der Waals surface area contributed by atoms with Crippen molar-refractivity contribution in [2.75, 3.05) is 0 Å². The summed E-state index contributed by atoms with van der Waals surface area (Å²) in [5, 5.41) is 25.5. The number of rotatable bonds is 2. The molecule has 0 aliphatic heterocycles. The molecule has 6 nitrogen and oxygen atoms in total. The number of carboxylic acids is 1. The average Bonchev–Trinajstić information content (AvgIpc) is 2.92. The molecule has 0 radical (unpaired) electrons. The van der Waals surface area contributed by atoms with Gasteiger partial charge < -0.3 is 14.6 Å². The molecule has 0 saturated heterocycles. The summed E-state index contributed by atoms with van der Waals surface area (Å²) in [6.07, 6.45) is 1.44. The topological polar surface area (TPSA) is 99.3 Å². The van der Waals surface area contributed by atoms with Gasteiger partial charge in [0.25, 0.3) is 0 Å². The van der Waals surface area contributed by atoms with Crippen LogP contribution in [0.4, 0.5) is 0 Å². The standard InChI is InChI=1S/C12H8N2O4/c15-11-9(13-14-10(11)12(16)17)7-5-18-8-4-2-1-3-6(7)8/h1-5,15H,(H,13,14)(H,16,17). The van der Waals surface area contributed by atoms with Gasteiger partial charge in [-0.15, -0.1) is 0 Å². The number of aromatic carboxylic acids is 1. The first-order valence-electron chi connectivity index (χ1n) is 5.15. The van der Waals surface area contributed by atoms with Crippen molar-refractivity contribution < 1.29 is 19.4 Å². The molecule has 3 N–H and O–H groups in total. The number of fused-ring (bicyclic) bond motifs is 1. The Kier molecular flexibility index (Phi) is 2.09. The van der Waals surface area contributed by atoms with E-state index in [4.69, 9.17) is 9.52 Å². The van der Waals surface area contributed by atoms with Gasteiger partial charge in [0, 0.05) is 5.39 Å². The van der Waals surface area contributed by atoms with Gasteiger partial charge in [-0.3, -0.25) is 5.10 Å². The Morgan fingerprint density at radius 3 is 2.83 bits per heavy atom. The lowest BCUT2D eigenvalue weighted by Crippen LogP contribution is -1.96. The molecule has 2 heterocycles. The number of hydrogen-bond acceptors (Lipinski definition) is 4. The zero-order valence-electron chi connectivity index (χ0n) is 9.04. The van der Waals surface area contributed by atoms with E-state index in [1.54, 1.807) is 6.07 Å². The first kappa shape index (κ1) is 10.4. The van der Waals surface area contributed by atoms with Gasteiger partial charge in [-0.1, -0.05) is 18.2 Å². The molecule has 3 aromatic rings. The van der Waals surface area contributed by atoms with Crippen LogP contribution in [-0.4, -0.2) is 26.4 Å². The normalized spacial score (nSPS) is 10.9. The van der Waals surface area contributed by atoms with Gasteiger partial charge >= 0.3 is 5.97 Å². The number of benzene rings is 1. The third kappa shape index (κ3) is 1.36. The third-order valence-electron chi connectivity index (χ3n) is 2.69. The van der Waals surface area contributed by atoms with Crippen molar-refractivity contribution in [2.24, 2.45) is 0 Å². The van der Waals surface area contributed by atoms with Crippen molar-refractivity contribution in [3.8, 4) is 17.0 Å². The Morgan fingerprint density at radius 2 is 2.11 bits per heavy atom. The second kappa shape index (κ2) is 3.63. The fourth-order valence-electron chi connectivity index (χ4n) is 1.83. The van der Waals surface area contributed by atoms with Gasteiger partial charge in [0.15, 0.2) is 11.4 Å². The maximum Gasteiger partial charge on any atom is 0.357 e. The van der Waals surface area contributed by atoms with Gasteiger partial charge in [-0.25, -0.2) is 4.79 Å². The van der Waals surface area contributed by atoms with Crippen molar-refractivity contribution in [1.29, 1.82) is 0 Å². The predicted molar refractivity (Wildman–Crippen MR) is 62.4 cm³/mol. The fraction of sp³-hybridized carbons (Fsp3) is 0. The zero-order valence-corrected chi connectivity index (χ0v) is 9.04. The molecule has 0 saturated carbocycles. The summed E-state index contributed by atoms with van der Waals surface area (Å²) in [4.78, 5) is 10.8. The second-order valence-electron chi connectivity index (χ2n) is 3.75. The van der Waals surface area contributed by atoms with Gasteiger partial charge in [0.05, 0.1) is 5.56 Å². The summed E-state index contributed by atoms with van der Waals surface area (Å²) >= 11 is 0. The molecule has 0 spiro atoms. The minimum atomic E-state index is -1.26. The van der Waals surface area contributed by atoms with Crippen LogP contribution in [0.1, 0.15) is 10.5 Å². The molecule has 1 aromatic carbocycles. The maximum absolute atomic E-state index is 10.8. The first-order valence-corrected chi connectivity index (χ1v) is 5.15. The van der Waals surface area contributed by atoms with E-state index in [1.807, 2.05) is 18.2 Å². The lowest BCUT2D eigenvalue weighted by molar-refractivity contribution is 0.0687. The van der Waals surface area contributed by atoms with E-state index in [9.17, 15) is 9.90 Å². The number of para-hydroxylation sites is 1. The van der Waals surface area contributed by atoms with Crippen LogP contribution in [0.3, 0.4) is 0 Å². The van der Waals surface area contributed by atoms with E-state index in [0.29, 0.717) is 11.1 Å². The summed E-state index contributed by atoms with van der Waals surface area (Å²) in [7, 11) is 0. The van der Waals surface area contributed by atoms with Crippen molar-refractivity contribution >= 4 is 16.9 Å². The summed E-state index contributed by atoms with van der Waals surface area (Å²) in [5.74, 6) is -1.66. The molecule has 0 aliphatic rings. The fourth-order valence-corrected chi connectivity index (χ4v) is 1.83. The highest BCUT2D eigenvalue weighted by molar-refractivity contribution is 5.97. The Bertz CT molecular complexity index is 741. The highest BCUT2D eigenvalue weighted by Gasteiger charge is 2.21. The third-order valence-corrected chi connectivity index (χ3v) is 2.69. The van der Waals surface area contributed by atoms with Crippen molar-refractivity contribution in [3.63, 3.8) is 0 Å². The Balaban J connectivity index is 2.24. The molecule has 6 heteroatoms. The lowest BCUT2D eigenvalue weighted by Gasteiger charge is -1.94. The van der Waals surface area contributed by atoms with E-state index < -0.39 is 11.7 Å².